The molecule has 0 spiro atoms. The first-order valence-corrected chi connectivity index (χ1v) is 7.16. The van der Waals surface area contributed by atoms with Crippen molar-refractivity contribution in [3.63, 3.8) is 0 Å². The summed E-state index contributed by atoms with van der Waals surface area (Å²) in [6.07, 6.45) is 2.10. The van der Waals surface area contributed by atoms with E-state index in [1.54, 1.807) is 11.3 Å². The second-order valence-electron chi connectivity index (χ2n) is 4.68. The molecule has 1 aromatic heterocycles. The summed E-state index contributed by atoms with van der Waals surface area (Å²) in [5, 5.41) is 3.04. The summed E-state index contributed by atoms with van der Waals surface area (Å²) in [6.45, 7) is 1.40. The van der Waals surface area contributed by atoms with E-state index in [0.29, 0.717) is 6.54 Å². The van der Waals surface area contributed by atoms with Crippen LogP contribution in [0.1, 0.15) is 23.2 Å². The molecule has 2 aromatic rings. The number of thiophene rings is 1. The van der Waals surface area contributed by atoms with Crippen molar-refractivity contribution in [3.05, 3.63) is 35.2 Å². The molecule has 2 heterocycles. The highest BCUT2D eigenvalue weighted by molar-refractivity contribution is 7.17. The number of amides is 1. The number of hydrogen-bond donors (Lipinski definition) is 1. The van der Waals surface area contributed by atoms with Gasteiger partial charge in [0, 0.05) is 34.6 Å². The van der Waals surface area contributed by atoms with Crippen molar-refractivity contribution in [1.82, 2.24) is 4.90 Å². The molecule has 1 fully saturated rings. The first-order valence-electron chi connectivity index (χ1n) is 6.28. The molecule has 0 radical (unpaired) electrons. The normalized spacial score (nSPS) is 18.6. The van der Waals surface area contributed by atoms with Crippen LogP contribution in [0.5, 0.6) is 0 Å². The Morgan fingerprint density at radius 2 is 2.21 bits per heavy atom. The maximum Gasteiger partial charge on any atom is 0.255 e. The Morgan fingerprint density at radius 1 is 1.42 bits per heavy atom. The van der Waals surface area contributed by atoms with Gasteiger partial charge in [0.1, 0.15) is 0 Å². The molecule has 2 N–H and O–H groups in total. The van der Waals surface area contributed by atoms with E-state index in [0.717, 1.165) is 30.3 Å². The zero-order valence-electron chi connectivity index (χ0n) is 10.5. The molecule has 0 saturated carbocycles. The van der Waals surface area contributed by atoms with Gasteiger partial charge in [0.05, 0.1) is 5.56 Å². The average molecular weight is 297 g/mol. The topological polar surface area (TPSA) is 46.3 Å². The first kappa shape index (κ1) is 14.3. The summed E-state index contributed by atoms with van der Waals surface area (Å²) in [5.41, 5.74) is 6.57. The molecule has 0 aliphatic carbocycles. The number of rotatable bonds is 2. The Labute approximate surface area is 122 Å². The van der Waals surface area contributed by atoms with Crippen molar-refractivity contribution in [1.29, 1.82) is 0 Å². The predicted octanol–water partition coefficient (Wildman–Crippen LogP) is 2.89. The number of nitrogens with two attached hydrogens (primary N) is 1. The first-order chi connectivity index (χ1) is 8.81. The number of benzene rings is 1. The van der Waals surface area contributed by atoms with Crippen molar-refractivity contribution in [2.75, 3.05) is 13.1 Å². The van der Waals surface area contributed by atoms with E-state index in [1.165, 1.54) is 4.70 Å². The monoisotopic (exact) mass is 296 g/mol. The minimum absolute atomic E-state index is 0. The molecule has 19 heavy (non-hydrogen) atoms. The van der Waals surface area contributed by atoms with E-state index in [2.05, 4.69) is 6.07 Å². The zero-order chi connectivity index (χ0) is 12.5. The SMILES string of the molecule is Cl.NCC1CCCN1C(=O)c1csc2ccccc12. The Bertz CT molecular complexity index is 584. The molecule has 102 valence electrons. The van der Waals surface area contributed by atoms with Gasteiger partial charge in [-0.15, -0.1) is 23.7 Å². The molecule has 3 rings (SSSR count). The molecule has 1 unspecified atom stereocenters. The van der Waals surface area contributed by atoms with Gasteiger partial charge in [-0.05, 0) is 18.9 Å². The van der Waals surface area contributed by atoms with Crippen LogP contribution in [0.2, 0.25) is 0 Å². The molecular weight excluding hydrogens is 280 g/mol. The van der Waals surface area contributed by atoms with Gasteiger partial charge < -0.3 is 10.6 Å². The van der Waals surface area contributed by atoms with Gasteiger partial charge in [-0.25, -0.2) is 0 Å². The molecule has 1 atom stereocenters. The minimum Gasteiger partial charge on any atom is -0.334 e. The van der Waals surface area contributed by atoms with Crippen molar-refractivity contribution >= 4 is 39.7 Å². The third-order valence-corrected chi connectivity index (χ3v) is 4.58. The third-order valence-electron chi connectivity index (χ3n) is 3.62. The second-order valence-corrected chi connectivity index (χ2v) is 5.59. The number of likely N-dealkylation sites (tertiary alicyclic amines) is 1. The Kier molecular flexibility index (Phi) is 4.45. The number of carbonyl (C=O) groups is 1. The highest BCUT2D eigenvalue weighted by Crippen LogP contribution is 2.28. The molecule has 1 saturated heterocycles. The van der Waals surface area contributed by atoms with Crippen molar-refractivity contribution < 1.29 is 4.79 Å². The van der Waals surface area contributed by atoms with Crippen LogP contribution in [-0.2, 0) is 0 Å². The third kappa shape index (κ3) is 2.48. The standard InChI is InChI=1S/C14H16N2OS.ClH/c15-8-10-4-3-7-16(10)14(17)12-9-18-13-6-2-1-5-11(12)13;/h1-2,5-6,9-10H,3-4,7-8,15H2;1H. The quantitative estimate of drug-likeness (QED) is 0.926. The van der Waals surface area contributed by atoms with Crippen LogP contribution in [-0.4, -0.2) is 29.9 Å². The molecule has 0 bridgehead atoms. The van der Waals surface area contributed by atoms with Gasteiger partial charge >= 0.3 is 0 Å². The van der Waals surface area contributed by atoms with Crippen LogP contribution in [0, 0.1) is 0 Å². The number of carbonyl (C=O) groups excluding carboxylic acids is 1. The van der Waals surface area contributed by atoms with Crippen LogP contribution in [0.25, 0.3) is 10.1 Å². The lowest BCUT2D eigenvalue weighted by molar-refractivity contribution is 0.0743. The Balaban J connectivity index is 0.00000133. The molecule has 3 nitrogen and oxygen atoms in total. The number of nitrogens with zero attached hydrogens (tertiary/aromatic N) is 1. The summed E-state index contributed by atoms with van der Waals surface area (Å²) in [4.78, 5) is 14.5. The Hall–Kier alpha value is -1.10. The van der Waals surface area contributed by atoms with E-state index in [-0.39, 0.29) is 24.4 Å². The lowest BCUT2D eigenvalue weighted by Crippen LogP contribution is -2.39. The number of halogens is 1. The lowest BCUT2D eigenvalue weighted by atomic mass is 10.1. The van der Waals surface area contributed by atoms with Gasteiger partial charge in [0.2, 0.25) is 0 Å². The second kappa shape index (κ2) is 5.90. The highest BCUT2D eigenvalue weighted by atomic mass is 35.5. The van der Waals surface area contributed by atoms with E-state index < -0.39 is 0 Å². The lowest BCUT2D eigenvalue weighted by Gasteiger charge is -2.23. The maximum atomic E-state index is 12.6. The van der Waals surface area contributed by atoms with Crippen LogP contribution in [0.4, 0.5) is 0 Å². The van der Waals surface area contributed by atoms with E-state index in [1.807, 2.05) is 28.5 Å². The number of fused-ring (bicyclic) bond motifs is 1. The van der Waals surface area contributed by atoms with E-state index in [9.17, 15) is 4.79 Å². The van der Waals surface area contributed by atoms with Gasteiger partial charge in [-0.2, -0.15) is 0 Å². The highest BCUT2D eigenvalue weighted by Gasteiger charge is 2.29. The predicted molar refractivity (Wildman–Crippen MR) is 82.2 cm³/mol. The fourth-order valence-corrected chi connectivity index (χ4v) is 3.58. The van der Waals surface area contributed by atoms with Crippen LogP contribution in [0.3, 0.4) is 0 Å². The van der Waals surface area contributed by atoms with Crippen LogP contribution >= 0.6 is 23.7 Å². The maximum absolute atomic E-state index is 12.6. The smallest absolute Gasteiger partial charge is 0.255 e. The molecule has 1 aliphatic heterocycles. The van der Waals surface area contributed by atoms with Crippen molar-refractivity contribution in [2.45, 2.75) is 18.9 Å². The molecule has 1 amide bonds. The molecular formula is C14H17ClN2OS. The summed E-state index contributed by atoms with van der Waals surface area (Å²) in [6, 6.07) is 8.28. The zero-order valence-corrected chi connectivity index (χ0v) is 12.2. The summed E-state index contributed by atoms with van der Waals surface area (Å²) in [5.74, 6) is 0.139. The van der Waals surface area contributed by atoms with E-state index in [4.69, 9.17) is 5.73 Å². The van der Waals surface area contributed by atoms with Gasteiger partial charge in [0.15, 0.2) is 0 Å². The summed E-state index contributed by atoms with van der Waals surface area (Å²) < 4.78 is 1.17. The fraction of sp³-hybridized carbons (Fsp3) is 0.357. The molecule has 5 heteroatoms. The average Bonchev–Trinajstić information content (AvgIpc) is 3.04. The van der Waals surface area contributed by atoms with Crippen molar-refractivity contribution in [2.24, 2.45) is 5.73 Å². The van der Waals surface area contributed by atoms with Crippen LogP contribution in [0.15, 0.2) is 29.6 Å². The summed E-state index contributed by atoms with van der Waals surface area (Å²) >= 11 is 1.63. The largest absolute Gasteiger partial charge is 0.334 e. The van der Waals surface area contributed by atoms with Crippen LogP contribution < -0.4 is 5.73 Å². The fourth-order valence-electron chi connectivity index (χ4n) is 2.65. The molecule has 1 aliphatic rings. The minimum atomic E-state index is 0. The molecule has 1 aromatic carbocycles. The van der Waals surface area contributed by atoms with Gasteiger partial charge in [-0.1, -0.05) is 18.2 Å². The van der Waals surface area contributed by atoms with Crippen molar-refractivity contribution in [3.8, 4) is 0 Å². The van der Waals surface area contributed by atoms with Gasteiger partial charge in [-0.3, -0.25) is 4.79 Å². The number of hydrogen-bond acceptors (Lipinski definition) is 3. The van der Waals surface area contributed by atoms with E-state index >= 15 is 0 Å². The summed E-state index contributed by atoms with van der Waals surface area (Å²) in [7, 11) is 0. The van der Waals surface area contributed by atoms with Gasteiger partial charge in [0.25, 0.3) is 5.91 Å². The Morgan fingerprint density at radius 3 is 3.00 bits per heavy atom.